The van der Waals surface area contributed by atoms with Crippen molar-refractivity contribution in [1.82, 2.24) is 10.2 Å². The molecular formula is C25H34BrN3O4S. The number of hydrogen-bond donors (Lipinski definition) is 1. The second kappa shape index (κ2) is 11.8. The van der Waals surface area contributed by atoms with Crippen molar-refractivity contribution in [2.45, 2.75) is 59.7 Å². The maximum absolute atomic E-state index is 13.6. The number of hydrogen-bond acceptors (Lipinski definition) is 4. The number of benzene rings is 2. The van der Waals surface area contributed by atoms with Crippen LogP contribution >= 0.6 is 15.9 Å². The number of rotatable bonds is 10. The molecule has 186 valence electrons. The molecule has 0 aliphatic rings. The highest BCUT2D eigenvalue weighted by molar-refractivity contribution is 9.10. The van der Waals surface area contributed by atoms with E-state index in [2.05, 4.69) is 21.2 Å². The van der Waals surface area contributed by atoms with E-state index in [0.29, 0.717) is 12.1 Å². The number of carbonyl (C=O) groups is 2. The second-order valence-electron chi connectivity index (χ2n) is 8.80. The highest BCUT2D eigenvalue weighted by Gasteiger charge is 2.32. The van der Waals surface area contributed by atoms with E-state index in [9.17, 15) is 18.0 Å². The smallest absolute Gasteiger partial charge is 0.244 e. The highest BCUT2D eigenvalue weighted by Crippen LogP contribution is 2.25. The van der Waals surface area contributed by atoms with Gasteiger partial charge >= 0.3 is 0 Å². The maximum Gasteiger partial charge on any atom is 0.244 e. The van der Waals surface area contributed by atoms with Gasteiger partial charge in [-0.15, -0.1) is 0 Å². The Bertz CT molecular complexity index is 1120. The number of amides is 2. The monoisotopic (exact) mass is 551 g/mol. The summed E-state index contributed by atoms with van der Waals surface area (Å²) < 4.78 is 27.3. The minimum atomic E-state index is -3.76. The van der Waals surface area contributed by atoms with Crippen molar-refractivity contribution >= 4 is 43.5 Å². The summed E-state index contributed by atoms with van der Waals surface area (Å²) in [6.07, 6.45) is 1.47. The zero-order chi connectivity index (χ0) is 25.6. The number of halogens is 1. The van der Waals surface area contributed by atoms with Crippen molar-refractivity contribution in [3.8, 4) is 0 Å². The van der Waals surface area contributed by atoms with Crippen LogP contribution in [0.3, 0.4) is 0 Å². The maximum atomic E-state index is 13.6. The van der Waals surface area contributed by atoms with Crippen LogP contribution in [0.5, 0.6) is 0 Å². The topological polar surface area (TPSA) is 86.8 Å². The molecule has 0 spiro atoms. The Labute approximate surface area is 211 Å². The van der Waals surface area contributed by atoms with Crippen LogP contribution in [0.2, 0.25) is 0 Å². The van der Waals surface area contributed by atoms with Crippen molar-refractivity contribution in [3.05, 3.63) is 63.6 Å². The third-order valence-electron chi connectivity index (χ3n) is 5.40. The van der Waals surface area contributed by atoms with Gasteiger partial charge in [-0.25, -0.2) is 8.42 Å². The van der Waals surface area contributed by atoms with E-state index in [1.165, 1.54) is 4.90 Å². The summed E-state index contributed by atoms with van der Waals surface area (Å²) in [5.41, 5.74) is 3.18. The SMILES string of the molecule is CC[C@H](C(=O)NC(C)C)N(Cc1ccc(C)cc1)C(=O)CN(c1ccc(Br)c(C)c1)S(C)(=O)=O. The first-order valence-corrected chi connectivity index (χ1v) is 13.9. The van der Waals surface area contributed by atoms with Crippen LogP contribution in [0.25, 0.3) is 0 Å². The quantitative estimate of drug-likeness (QED) is 0.480. The van der Waals surface area contributed by atoms with Crippen LogP contribution in [0.15, 0.2) is 46.9 Å². The fourth-order valence-corrected chi connectivity index (χ4v) is 4.68. The van der Waals surface area contributed by atoms with Crippen LogP contribution in [0.1, 0.15) is 43.9 Å². The Morgan fingerprint density at radius 3 is 2.18 bits per heavy atom. The molecule has 1 N–H and O–H groups in total. The highest BCUT2D eigenvalue weighted by atomic mass is 79.9. The van der Waals surface area contributed by atoms with E-state index in [0.717, 1.165) is 31.7 Å². The van der Waals surface area contributed by atoms with E-state index in [1.807, 2.05) is 58.9 Å². The molecular weight excluding hydrogens is 518 g/mol. The minimum Gasteiger partial charge on any atom is -0.352 e. The fraction of sp³-hybridized carbons (Fsp3) is 0.440. The van der Waals surface area contributed by atoms with E-state index in [-0.39, 0.29) is 18.5 Å². The molecule has 2 amide bonds. The summed E-state index contributed by atoms with van der Waals surface area (Å²) >= 11 is 3.42. The molecule has 0 radical (unpaired) electrons. The molecule has 0 saturated carbocycles. The van der Waals surface area contributed by atoms with Gasteiger partial charge in [0.2, 0.25) is 21.8 Å². The molecule has 34 heavy (non-hydrogen) atoms. The largest absolute Gasteiger partial charge is 0.352 e. The number of nitrogens with zero attached hydrogens (tertiary/aromatic N) is 2. The molecule has 0 aromatic heterocycles. The normalized spacial score (nSPS) is 12.4. The van der Waals surface area contributed by atoms with Gasteiger partial charge in [0.1, 0.15) is 12.6 Å². The number of carbonyl (C=O) groups excluding carboxylic acids is 2. The Balaban J connectivity index is 2.45. The van der Waals surface area contributed by atoms with Gasteiger partial charge in [0.25, 0.3) is 0 Å². The molecule has 0 fully saturated rings. The van der Waals surface area contributed by atoms with Gasteiger partial charge in [0.05, 0.1) is 11.9 Å². The van der Waals surface area contributed by atoms with E-state index in [1.54, 1.807) is 18.2 Å². The number of nitrogens with one attached hydrogen (secondary N) is 1. The average Bonchev–Trinajstić information content (AvgIpc) is 2.74. The molecule has 9 heteroatoms. The van der Waals surface area contributed by atoms with E-state index >= 15 is 0 Å². The Kier molecular flexibility index (Phi) is 9.70. The summed E-state index contributed by atoms with van der Waals surface area (Å²) in [7, 11) is -3.76. The summed E-state index contributed by atoms with van der Waals surface area (Å²) in [6.45, 7) is 9.17. The van der Waals surface area contributed by atoms with Crippen LogP contribution in [0, 0.1) is 13.8 Å². The van der Waals surface area contributed by atoms with Gasteiger partial charge in [-0.3, -0.25) is 13.9 Å². The van der Waals surface area contributed by atoms with E-state index < -0.39 is 28.5 Å². The molecule has 7 nitrogen and oxygen atoms in total. The van der Waals surface area contributed by atoms with Gasteiger partial charge < -0.3 is 10.2 Å². The van der Waals surface area contributed by atoms with Gasteiger partial charge in [0.15, 0.2) is 0 Å². The third kappa shape index (κ3) is 7.56. The van der Waals surface area contributed by atoms with Crippen molar-refractivity contribution in [3.63, 3.8) is 0 Å². The van der Waals surface area contributed by atoms with Crippen molar-refractivity contribution in [2.24, 2.45) is 0 Å². The predicted molar refractivity (Wildman–Crippen MR) is 140 cm³/mol. The zero-order valence-electron chi connectivity index (χ0n) is 20.6. The first-order valence-electron chi connectivity index (χ1n) is 11.2. The first-order chi connectivity index (χ1) is 15.8. The van der Waals surface area contributed by atoms with Crippen LogP contribution in [-0.2, 0) is 26.2 Å². The van der Waals surface area contributed by atoms with Crippen LogP contribution < -0.4 is 9.62 Å². The zero-order valence-corrected chi connectivity index (χ0v) is 23.0. The minimum absolute atomic E-state index is 0.0869. The summed E-state index contributed by atoms with van der Waals surface area (Å²) in [5, 5.41) is 2.88. The second-order valence-corrected chi connectivity index (χ2v) is 11.6. The van der Waals surface area contributed by atoms with Crippen LogP contribution in [-0.4, -0.2) is 50.0 Å². The van der Waals surface area contributed by atoms with Gasteiger partial charge in [-0.1, -0.05) is 52.7 Å². The summed E-state index contributed by atoms with van der Waals surface area (Å²) in [4.78, 5) is 28.1. The number of aryl methyl sites for hydroxylation is 2. The lowest BCUT2D eigenvalue weighted by atomic mass is 10.1. The summed E-state index contributed by atoms with van der Waals surface area (Å²) in [5.74, 6) is -0.708. The molecule has 0 heterocycles. The molecule has 2 aromatic carbocycles. The van der Waals surface area contributed by atoms with Crippen LogP contribution in [0.4, 0.5) is 5.69 Å². The van der Waals surface area contributed by atoms with Gasteiger partial charge in [-0.2, -0.15) is 0 Å². The summed E-state index contributed by atoms with van der Waals surface area (Å²) in [6, 6.07) is 12.0. The Morgan fingerprint density at radius 2 is 1.68 bits per heavy atom. The standard InChI is InChI=1S/C25H34BrN3O4S/c1-7-23(25(31)27-17(2)3)28(15-20-10-8-18(4)9-11-20)24(30)16-29(34(6,32)33)21-12-13-22(26)19(5)14-21/h8-14,17,23H,7,15-16H2,1-6H3,(H,27,31)/t23-/m1/s1. The fourth-order valence-electron chi connectivity index (χ4n) is 3.59. The lowest BCUT2D eigenvalue weighted by molar-refractivity contribution is -0.140. The Hall–Kier alpha value is -2.39. The number of anilines is 1. The number of sulfonamides is 1. The molecule has 0 saturated heterocycles. The van der Waals surface area contributed by atoms with Gasteiger partial charge in [-0.05, 0) is 63.4 Å². The lowest BCUT2D eigenvalue weighted by Gasteiger charge is -2.33. The predicted octanol–water partition coefficient (Wildman–Crippen LogP) is 4.16. The molecule has 0 aliphatic carbocycles. The van der Waals surface area contributed by atoms with Gasteiger partial charge in [0, 0.05) is 17.1 Å². The van der Waals surface area contributed by atoms with Crippen molar-refractivity contribution in [2.75, 3.05) is 17.1 Å². The van der Waals surface area contributed by atoms with Crippen molar-refractivity contribution < 1.29 is 18.0 Å². The molecule has 0 aliphatic heterocycles. The molecule has 0 unspecified atom stereocenters. The molecule has 2 aromatic rings. The molecule has 1 atom stereocenters. The van der Waals surface area contributed by atoms with E-state index in [4.69, 9.17) is 0 Å². The lowest BCUT2D eigenvalue weighted by Crippen LogP contribution is -2.53. The molecule has 0 bridgehead atoms. The van der Waals surface area contributed by atoms with Crippen molar-refractivity contribution in [1.29, 1.82) is 0 Å². The average molecular weight is 553 g/mol. The third-order valence-corrected chi connectivity index (χ3v) is 7.43. The first kappa shape index (κ1) is 27.9. The Morgan fingerprint density at radius 1 is 1.06 bits per heavy atom. The molecule has 2 rings (SSSR count).